The lowest BCUT2D eigenvalue weighted by atomic mass is 9.99. The molecule has 0 radical (unpaired) electrons. The Morgan fingerprint density at radius 3 is 1.52 bits per heavy atom. The van der Waals surface area contributed by atoms with Gasteiger partial charge in [-0.2, -0.15) is 0 Å². The van der Waals surface area contributed by atoms with E-state index in [-0.39, 0.29) is 0 Å². The topological polar surface area (TPSA) is 34.3 Å². The van der Waals surface area contributed by atoms with E-state index in [0.29, 0.717) is 36.5 Å². The molecule has 120 valence electrons. The van der Waals surface area contributed by atoms with E-state index in [0.717, 1.165) is 11.1 Å². The zero-order chi connectivity index (χ0) is 15.9. The quantitative estimate of drug-likeness (QED) is 0.733. The van der Waals surface area contributed by atoms with Crippen LogP contribution in [-0.2, 0) is 25.4 Å². The van der Waals surface area contributed by atoms with Crippen LogP contribution in [0.5, 0.6) is 0 Å². The van der Waals surface area contributed by atoms with Crippen molar-refractivity contribution < 1.29 is 14.2 Å². The molecule has 23 heavy (non-hydrogen) atoms. The number of epoxide rings is 2. The summed E-state index contributed by atoms with van der Waals surface area (Å²) in [6.45, 7) is 2.14. The Balaban J connectivity index is 1.43. The van der Waals surface area contributed by atoms with E-state index in [1.54, 1.807) is 0 Å². The van der Waals surface area contributed by atoms with Crippen LogP contribution >= 0.6 is 23.2 Å². The van der Waals surface area contributed by atoms with Crippen molar-refractivity contribution in [3.05, 3.63) is 69.7 Å². The van der Waals surface area contributed by atoms with Crippen LogP contribution in [0.2, 0.25) is 10.0 Å². The molecule has 2 aliphatic rings. The molecule has 0 bridgehead atoms. The fourth-order valence-corrected chi connectivity index (χ4v) is 3.47. The molecule has 0 saturated carbocycles. The predicted molar refractivity (Wildman–Crippen MR) is 89.0 cm³/mol. The van der Waals surface area contributed by atoms with E-state index in [1.165, 1.54) is 0 Å². The van der Waals surface area contributed by atoms with Gasteiger partial charge in [0.25, 0.3) is 0 Å². The maximum atomic E-state index is 6.27. The molecule has 5 heteroatoms. The zero-order valence-corrected chi connectivity index (χ0v) is 13.9. The molecule has 2 saturated heterocycles. The SMILES string of the molecule is Clc1ccccc1C1(COCC2(c3ccccc3Cl)CO2)CO1. The third-order valence-electron chi connectivity index (χ3n) is 4.39. The van der Waals surface area contributed by atoms with E-state index < -0.39 is 11.2 Å². The lowest BCUT2D eigenvalue weighted by Gasteiger charge is -2.18. The van der Waals surface area contributed by atoms with Gasteiger partial charge in [-0.25, -0.2) is 0 Å². The minimum atomic E-state index is -0.422. The normalized spacial score (nSPS) is 28.6. The lowest BCUT2D eigenvalue weighted by Crippen LogP contribution is -2.24. The first-order chi connectivity index (χ1) is 11.2. The number of rotatable bonds is 6. The molecular weight excluding hydrogens is 335 g/mol. The van der Waals surface area contributed by atoms with Crippen molar-refractivity contribution in [2.45, 2.75) is 11.2 Å². The molecule has 2 aromatic carbocycles. The second-order valence-electron chi connectivity index (χ2n) is 6.02. The van der Waals surface area contributed by atoms with Crippen molar-refractivity contribution in [2.24, 2.45) is 0 Å². The molecule has 0 N–H and O–H groups in total. The third kappa shape index (κ3) is 2.88. The van der Waals surface area contributed by atoms with E-state index in [2.05, 4.69) is 0 Å². The van der Waals surface area contributed by atoms with Crippen molar-refractivity contribution in [2.75, 3.05) is 26.4 Å². The van der Waals surface area contributed by atoms with Crippen molar-refractivity contribution in [1.82, 2.24) is 0 Å². The Labute approximate surface area is 145 Å². The Morgan fingerprint density at radius 2 is 1.17 bits per heavy atom. The highest BCUT2D eigenvalue weighted by Gasteiger charge is 2.51. The first kappa shape index (κ1) is 15.4. The lowest BCUT2D eigenvalue weighted by molar-refractivity contribution is 0.0404. The highest BCUT2D eigenvalue weighted by molar-refractivity contribution is 6.31. The van der Waals surface area contributed by atoms with Gasteiger partial charge in [-0.1, -0.05) is 59.6 Å². The summed E-state index contributed by atoms with van der Waals surface area (Å²) in [5.41, 5.74) is 1.11. The number of ether oxygens (including phenoxy) is 3. The number of hydrogen-bond donors (Lipinski definition) is 0. The zero-order valence-electron chi connectivity index (χ0n) is 12.4. The fraction of sp³-hybridized carbons (Fsp3) is 0.333. The summed E-state index contributed by atoms with van der Waals surface area (Å²) in [5, 5.41) is 1.41. The molecular formula is C18H16Cl2O3. The van der Waals surface area contributed by atoms with Gasteiger partial charge in [0.15, 0.2) is 0 Å². The molecule has 0 aromatic heterocycles. The monoisotopic (exact) mass is 350 g/mol. The standard InChI is InChI=1S/C18H16Cl2O3/c19-15-7-3-1-5-13(15)17(11-22-17)9-21-10-18(12-23-18)14-6-2-4-8-16(14)20/h1-8H,9-12H2. The van der Waals surface area contributed by atoms with E-state index >= 15 is 0 Å². The van der Waals surface area contributed by atoms with E-state index in [1.807, 2.05) is 48.5 Å². The van der Waals surface area contributed by atoms with Crippen LogP contribution in [0.3, 0.4) is 0 Å². The maximum Gasteiger partial charge on any atom is 0.141 e. The second-order valence-corrected chi connectivity index (χ2v) is 6.83. The molecule has 2 heterocycles. The molecule has 3 nitrogen and oxygen atoms in total. The summed E-state index contributed by atoms with van der Waals surface area (Å²) in [7, 11) is 0. The first-order valence-corrected chi connectivity index (χ1v) is 8.27. The summed E-state index contributed by atoms with van der Waals surface area (Å²) in [5.74, 6) is 0. The first-order valence-electron chi connectivity index (χ1n) is 7.51. The molecule has 2 aromatic rings. The van der Waals surface area contributed by atoms with Gasteiger partial charge in [-0.3, -0.25) is 0 Å². The Hall–Kier alpha value is -1.10. The van der Waals surface area contributed by atoms with Crippen molar-refractivity contribution in [1.29, 1.82) is 0 Å². The highest BCUT2D eigenvalue weighted by Crippen LogP contribution is 2.45. The third-order valence-corrected chi connectivity index (χ3v) is 5.04. The van der Waals surface area contributed by atoms with Crippen LogP contribution in [0.1, 0.15) is 11.1 Å². The molecule has 2 unspecified atom stereocenters. The molecule has 4 rings (SSSR count). The van der Waals surface area contributed by atoms with Gasteiger partial charge in [0.2, 0.25) is 0 Å². The van der Waals surface area contributed by atoms with E-state index in [9.17, 15) is 0 Å². The van der Waals surface area contributed by atoms with Crippen LogP contribution in [0.4, 0.5) is 0 Å². The summed E-state index contributed by atoms with van der Waals surface area (Å²) in [6.07, 6.45) is 0. The summed E-state index contributed by atoms with van der Waals surface area (Å²) >= 11 is 12.5. The molecule has 0 amide bonds. The van der Waals surface area contributed by atoms with Gasteiger partial charge < -0.3 is 14.2 Å². The fourth-order valence-electron chi connectivity index (χ4n) is 2.85. The Kier molecular flexibility index (Phi) is 3.87. The molecule has 2 atom stereocenters. The summed E-state index contributed by atoms with van der Waals surface area (Å²) in [4.78, 5) is 0. The van der Waals surface area contributed by atoms with Crippen molar-refractivity contribution in [3.8, 4) is 0 Å². The minimum Gasteiger partial charge on any atom is -0.375 e. The predicted octanol–water partition coefficient (Wildman–Crippen LogP) is 4.16. The number of benzene rings is 2. The number of hydrogen-bond acceptors (Lipinski definition) is 3. The maximum absolute atomic E-state index is 6.27. The smallest absolute Gasteiger partial charge is 0.141 e. The molecule has 2 aliphatic heterocycles. The Bertz CT molecular complexity index is 662. The van der Waals surface area contributed by atoms with Gasteiger partial charge in [0.05, 0.1) is 26.4 Å². The Morgan fingerprint density at radius 1 is 0.783 bits per heavy atom. The van der Waals surface area contributed by atoms with Crippen LogP contribution in [-0.4, -0.2) is 26.4 Å². The van der Waals surface area contributed by atoms with Crippen LogP contribution in [0, 0.1) is 0 Å². The van der Waals surface area contributed by atoms with E-state index in [4.69, 9.17) is 37.4 Å². The van der Waals surface area contributed by atoms with Gasteiger partial charge >= 0.3 is 0 Å². The van der Waals surface area contributed by atoms with Gasteiger partial charge in [0.1, 0.15) is 11.2 Å². The average Bonchev–Trinajstić information content (AvgIpc) is 3.46. The summed E-state index contributed by atoms with van der Waals surface area (Å²) < 4.78 is 17.2. The van der Waals surface area contributed by atoms with Crippen molar-refractivity contribution in [3.63, 3.8) is 0 Å². The van der Waals surface area contributed by atoms with Gasteiger partial charge in [-0.15, -0.1) is 0 Å². The summed E-state index contributed by atoms with van der Waals surface area (Å²) in [6, 6.07) is 15.4. The van der Waals surface area contributed by atoms with Crippen LogP contribution in [0.25, 0.3) is 0 Å². The largest absolute Gasteiger partial charge is 0.375 e. The van der Waals surface area contributed by atoms with Crippen LogP contribution < -0.4 is 0 Å². The molecule has 0 aliphatic carbocycles. The van der Waals surface area contributed by atoms with Crippen LogP contribution in [0.15, 0.2) is 48.5 Å². The highest BCUT2D eigenvalue weighted by atomic mass is 35.5. The minimum absolute atomic E-state index is 0.422. The van der Waals surface area contributed by atoms with Gasteiger partial charge in [-0.05, 0) is 12.1 Å². The van der Waals surface area contributed by atoms with Gasteiger partial charge in [0, 0.05) is 21.2 Å². The molecule has 0 spiro atoms. The average molecular weight is 351 g/mol. The number of halogens is 2. The van der Waals surface area contributed by atoms with Crippen molar-refractivity contribution >= 4 is 23.2 Å². The second kappa shape index (κ2) is 5.76. The molecule has 2 fully saturated rings.